The van der Waals surface area contributed by atoms with E-state index in [1.54, 1.807) is 20.8 Å². The summed E-state index contributed by atoms with van der Waals surface area (Å²) >= 11 is 0. The van der Waals surface area contributed by atoms with E-state index >= 15 is 0 Å². The minimum absolute atomic E-state index is 0.156. The molecule has 5 nitrogen and oxygen atoms in total. The lowest BCUT2D eigenvalue weighted by atomic mass is 10.1. The summed E-state index contributed by atoms with van der Waals surface area (Å²) in [5.74, 6) is -0.156. The highest BCUT2D eigenvalue weighted by atomic mass is 16.6. The van der Waals surface area contributed by atoms with Crippen molar-refractivity contribution in [2.24, 2.45) is 0 Å². The highest BCUT2D eigenvalue weighted by Crippen LogP contribution is 2.08. The summed E-state index contributed by atoms with van der Waals surface area (Å²) in [4.78, 5) is 23.4. The topological polar surface area (TPSA) is 67.4 Å². The summed E-state index contributed by atoms with van der Waals surface area (Å²) in [6.45, 7) is 9.82. The molecule has 18 heavy (non-hydrogen) atoms. The molecule has 0 heterocycles. The molecule has 0 aromatic rings. The minimum atomic E-state index is -0.555. The summed E-state index contributed by atoms with van der Waals surface area (Å²) in [5, 5.41) is 5.33. The Bertz CT molecular complexity index is 272. The van der Waals surface area contributed by atoms with Gasteiger partial charge in [0.15, 0.2) is 0 Å². The third kappa shape index (κ3) is 7.92. The van der Waals surface area contributed by atoms with Gasteiger partial charge in [0.05, 0.1) is 0 Å². The third-order valence-electron chi connectivity index (χ3n) is 2.20. The monoisotopic (exact) mass is 258 g/mol. The second-order valence-corrected chi connectivity index (χ2v) is 5.24. The second-order valence-electron chi connectivity index (χ2n) is 5.24. The van der Waals surface area contributed by atoms with Gasteiger partial charge in [-0.15, -0.1) is 0 Å². The van der Waals surface area contributed by atoms with Crippen molar-refractivity contribution in [2.45, 2.75) is 65.5 Å². The van der Waals surface area contributed by atoms with Crippen LogP contribution in [0.3, 0.4) is 0 Å². The summed E-state index contributed by atoms with van der Waals surface area (Å²) in [6.07, 6.45) is 1.94. The Hall–Kier alpha value is -1.26. The lowest BCUT2D eigenvalue weighted by molar-refractivity contribution is -0.123. The van der Waals surface area contributed by atoms with Crippen LogP contribution in [0.5, 0.6) is 0 Å². The molecule has 0 spiro atoms. The SMILES string of the molecule is CCCC[C@@H](NC(=O)OC(C)(C)C)C(=O)NCC. The van der Waals surface area contributed by atoms with Crippen molar-refractivity contribution in [3.8, 4) is 0 Å². The zero-order chi connectivity index (χ0) is 14.2. The van der Waals surface area contributed by atoms with E-state index in [1.807, 2.05) is 13.8 Å². The molecular weight excluding hydrogens is 232 g/mol. The fraction of sp³-hybridized carbons (Fsp3) is 0.846. The minimum Gasteiger partial charge on any atom is -0.444 e. The van der Waals surface area contributed by atoms with E-state index in [0.717, 1.165) is 12.8 Å². The number of nitrogens with one attached hydrogen (secondary N) is 2. The fourth-order valence-electron chi connectivity index (χ4n) is 1.42. The van der Waals surface area contributed by atoms with Crippen molar-refractivity contribution in [1.29, 1.82) is 0 Å². The van der Waals surface area contributed by atoms with E-state index in [0.29, 0.717) is 13.0 Å². The maximum Gasteiger partial charge on any atom is 0.408 e. The average molecular weight is 258 g/mol. The Morgan fingerprint density at radius 3 is 2.28 bits per heavy atom. The Balaban J connectivity index is 4.39. The van der Waals surface area contributed by atoms with Gasteiger partial charge in [-0.25, -0.2) is 4.79 Å². The molecule has 106 valence electrons. The van der Waals surface area contributed by atoms with E-state index in [1.165, 1.54) is 0 Å². The first kappa shape index (κ1) is 16.7. The molecule has 1 atom stereocenters. The molecule has 5 heteroatoms. The first-order valence-electron chi connectivity index (χ1n) is 6.57. The van der Waals surface area contributed by atoms with Crippen LogP contribution in [0, 0.1) is 0 Å². The molecule has 0 aliphatic carbocycles. The summed E-state index contributed by atoms with van der Waals surface area (Å²) in [5.41, 5.74) is -0.555. The van der Waals surface area contributed by atoms with Crippen molar-refractivity contribution < 1.29 is 14.3 Å². The Morgan fingerprint density at radius 2 is 1.83 bits per heavy atom. The number of hydrogen-bond acceptors (Lipinski definition) is 3. The summed E-state index contributed by atoms with van der Waals surface area (Å²) in [6, 6.07) is -0.514. The van der Waals surface area contributed by atoms with Crippen LogP contribution in [-0.4, -0.2) is 30.2 Å². The Labute approximate surface area is 110 Å². The third-order valence-corrected chi connectivity index (χ3v) is 2.20. The van der Waals surface area contributed by atoms with Crippen LogP contribution in [0.15, 0.2) is 0 Å². The van der Waals surface area contributed by atoms with Gasteiger partial charge in [-0.3, -0.25) is 4.79 Å². The molecule has 0 aromatic heterocycles. The molecule has 0 aromatic carbocycles. The van der Waals surface area contributed by atoms with Crippen molar-refractivity contribution in [3.05, 3.63) is 0 Å². The van der Waals surface area contributed by atoms with Gasteiger partial charge in [0.25, 0.3) is 0 Å². The number of ether oxygens (including phenoxy) is 1. The van der Waals surface area contributed by atoms with E-state index in [-0.39, 0.29) is 5.91 Å². The molecular formula is C13H26N2O3. The molecule has 0 bridgehead atoms. The molecule has 0 saturated heterocycles. The van der Waals surface area contributed by atoms with E-state index in [4.69, 9.17) is 4.74 Å². The van der Waals surface area contributed by atoms with Gasteiger partial charge in [-0.05, 0) is 34.1 Å². The zero-order valence-corrected chi connectivity index (χ0v) is 12.1. The van der Waals surface area contributed by atoms with Gasteiger partial charge < -0.3 is 15.4 Å². The molecule has 0 rings (SSSR count). The number of unbranched alkanes of at least 4 members (excludes halogenated alkanes) is 1. The highest BCUT2D eigenvalue weighted by molar-refractivity contribution is 5.85. The molecule has 0 aliphatic rings. The van der Waals surface area contributed by atoms with Gasteiger partial charge in [-0.2, -0.15) is 0 Å². The van der Waals surface area contributed by atoms with E-state index < -0.39 is 17.7 Å². The molecule has 2 N–H and O–H groups in total. The van der Waals surface area contributed by atoms with Crippen LogP contribution in [0.1, 0.15) is 53.9 Å². The highest BCUT2D eigenvalue weighted by Gasteiger charge is 2.23. The maximum absolute atomic E-state index is 11.8. The van der Waals surface area contributed by atoms with E-state index in [9.17, 15) is 9.59 Å². The van der Waals surface area contributed by atoms with Crippen LogP contribution >= 0.6 is 0 Å². The Morgan fingerprint density at radius 1 is 1.22 bits per heavy atom. The van der Waals surface area contributed by atoms with Gasteiger partial charge in [0, 0.05) is 6.54 Å². The van der Waals surface area contributed by atoms with Gasteiger partial charge in [0.2, 0.25) is 5.91 Å². The first-order valence-corrected chi connectivity index (χ1v) is 6.57. The number of likely N-dealkylation sites (N-methyl/N-ethyl adjacent to an activating group) is 1. The lowest BCUT2D eigenvalue weighted by Crippen LogP contribution is -2.48. The quantitative estimate of drug-likeness (QED) is 0.767. The standard InChI is InChI=1S/C13H26N2O3/c1-6-8-9-10(11(16)14-7-2)15-12(17)18-13(3,4)5/h10H,6-9H2,1-5H3,(H,14,16)(H,15,17)/t10-/m1/s1. The van der Waals surface area contributed by atoms with Crippen molar-refractivity contribution >= 4 is 12.0 Å². The van der Waals surface area contributed by atoms with E-state index in [2.05, 4.69) is 10.6 Å². The number of carbonyl (C=O) groups is 2. The number of rotatable bonds is 6. The number of amides is 2. The van der Waals surface area contributed by atoms with Crippen LogP contribution in [0.4, 0.5) is 4.79 Å². The first-order chi connectivity index (χ1) is 8.30. The predicted octanol–water partition coefficient (Wildman–Crippen LogP) is 2.21. The fourth-order valence-corrected chi connectivity index (χ4v) is 1.42. The van der Waals surface area contributed by atoms with Crippen LogP contribution in [0.2, 0.25) is 0 Å². The number of hydrogen-bond donors (Lipinski definition) is 2. The second kappa shape index (κ2) is 7.95. The maximum atomic E-state index is 11.8. The smallest absolute Gasteiger partial charge is 0.408 e. The molecule has 0 radical (unpaired) electrons. The molecule has 2 amide bonds. The normalized spacial score (nSPS) is 12.7. The molecule has 0 fully saturated rings. The largest absolute Gasteiger partial charge is 0.444 e. The summed E-state index contributed by atoms with van der Waals surface area (Å²) < 4.78 is 5.15. The van der Waals surface area contributed by atoms with Gasteiger partial charge >= 0.3 is 6.09 Å². The van der Waals surface area contributed by atoms with Gasteiger partial charge in [0.1, 0.15) is 11.6 Å². The van der Waals surface area contributed by atoms with Crippen LogP contribution in [-0.2, 0) is 9.53 Å². The van der Waals surface area contributed by atoms with Crippen molar-refractivity contribution in [1.82, 2.24) is 10.6 Å². The molecule has 0 unspecified atom stereocenters. The predicted molar refractivity (Wildman–Crippen MR) is 71.4 cm³/mol. The van der Waals surface area contributed by atoms with Crippen LogP contribution in [0.25, 0.3) is 0 Å². The number of alkyl carbamates (subject to hydrolysis) is 1. The van der Waals surface area contributed by atoms with Crippen molar-refractivity contribution in [2.75, 3.05) is 6.54 Å². The lowest BCUT2D eigenvalue weighted by Gasteiger charge is -2.23. The van der Waals surface area contributed by atoms with Crippen LogP contribution < -0.4 is 10.6 Å². The molecule has 0 aliphatic heterocycles. The molecule has 0 saturated carbocycles. The zero-order valence-electron chi connectivity index (χ0n) is 12.1. The average Bonchev–Trinajstić information content (AvgIpc) is 2.21. The van der Waals surface area contributed by atoms with Crippen molar-refractivity contribution in [3.63, 3.8) is 0 Å². The van der Waals surface area contributed by atoms with Gasteiger partial charge in [-0.1, -0.05) is 19.8 Å². The summed E-state index contributed by atoms with van der Waals surface area (Å²) in [7, 11) is 0. The number of carbonyl (C=O) groups excluding carboxylic acids is 2. The Kier molecular flexibility index (Phi) is 7.39.